The van der Waals surface area contributed by atoms with E-state index in [4.69, 9.17) is 0 Å². The summed E-state index contributed by atoms with van der Waals surface area (Å²) in [5, 5.41) is 7.63. The fourth-order valence-corrected chi connectivity index (χ4v) is 1.70. The van der Waals surface area contributed by atoms with Gasteiger partial charge in [-0.15, -0.1) is 0 Å². The summed E-state index contributed by atoms with van der Waals surface area (Å²) in [6.45, 7) is 7.75. The van der Waals surface area contributed by atoms with Crippen LogP contribution >= 0.6 is 0 Å². The van der Waals surface area contributed by atoms with E-state index in [1.54, 1.807) is 0 Å². The van der Waals surface area contributed by atoms with Crippen molar-refractivity contribution in [1.29, 1.82) is 0 Å². The lowest BCUT2D eigenvalue weighted by Crippen LogP contribution is -2.30. The quantitative estimate of drug-likeness (QED) is 0.693. The van der Waals surface area contributed by atoms with Crippen LogP contribution in [0.4, 0.5) is 0 Å². The molecule has 0 unspecified atom stereocenters. The van der Waals surface area contributed by atoms with Gasteiger partial charge in [0.05, 0.1) is 0 Å². The van der Waals surface area contributed by atoms with E-state index >= 15 is 0 Å². The molecule has 0 saturated heterocycles. The zero-order valence-corrected chi connectivity index (χ0v) is 11.6. The number of nitrogens with zero attached hydrogens (tertiary/aromatic N) is 3. The maximum atomic E-state index is 4.16. The van der Waals surface area contributed by atoms with Crippen molar-refractivity contribution < 1.29 is 0 Å². The highest BCUT2D eigenvalue weighted by molar-refractivity contribution is 5.00. The molecule has 0 saturated carbocycles. The first-order chi connectivity index (χ1) is 8.11. The summed E-state index contributed by atoms with van der Waals surface area (Å²) in [5.74, 6) is 0. The maximum absolute atomic E-state index is 4.16. The maximum Gasteiger partial charge on any atom is 0.0492 e. The minimum absolute atomic E-state index is 0.643. The molecule has 98 valence electrons. The third-order valence-electron chi connectivity index (χ3n) is 3.23. The second-order valence-electron chi connectivity index (χ2n) is 4.87. The molecule has 1 aromatic heterocycles. The lowest BCUT2D eigenvalue weighted by Gasteiger charge is -2.20. The lowest BCUT2D eigenvalue weighted by atomic mass is 10.3. The average Bonchev–Trinajstić information content (AvgIpc) is 2.68. The summed E-state index contributed by atoms with van der Waals surface area (Å²) >= 11 is 0. The van der Waals surface area contributed by atoms with E-state index in [0.717, 1.165) is 26.1 Å². The molecular formula is C13H26N4. The van der Waals surface area contributed by atoms with Crippen LogP contribution < -0.4 is 5.32 Å². The van der Waals surface area contributed by atoms with E-state index in [1.165, 1.54) is 12.1 Å². The fraction of sp³-hybridized carbons (Fsp3) is 0.769. The van der Waals surface area contributed by atoms with Crippen LogP contribution in [-0.2, 0) is 13.5 Å². The molecule has 4 nitrogen and oxygen atoms in total. The molecule has 0 aliphatic rings. The van der Waals surface area contributed by atoms with Gasteiger partial charge in [-0.05, 0) is 46.5 Å². The number of nitrogens with one attached hydrogen (secondary N) is 1. The van der Waals surface area contributed by atoms with Gasteiger partial charge in [0.1, 0.15) is 0 Å². The largest absolute Gasteiger partial charge is 0.316 e. The molecule has 1 N–H and O–H groups in total. The van der Waals surface area contributed by atoms with Gasteiger partial charge in [-0.2, -0.15) is 5.10 Å². The lowest BCUT2D eigenvalue weighted by molar-refractivity contribution is 0.269. The summed E-state index contributed by atoms with van der Waals surface area (Å²) < 4.78 is 1.94. The first-order valence-electron chi connectivity index (χ1n) is 6.49. The van der Waals surface area contributed by atoms with E-state index < -0.39 is 0 Å². The molecule has 0 fully saturated rings. The number of hydrogen-bond donors (Lipinski definition) is 1. The van der Waals surface area contributed by atoms with E-state index in [0.29, 0.717) is 6.04 Å². The van der Waals surface area contributed by atoms with Crippen LogP contribution in [0.5, 0.6) is 0 Å². The number of aromatic nitrogens is 2. The van der Waals surface area contributed by atoms with Crippen LogP contribution in [0, 0.1) is 0 Å². The predicted molar refractivity (Wildman–Crippen MR) is 72.2 cm³/mol. The fourth-order valence-electron chi connectivity index (χ4n) is 1.70. The zero-order valence-electron chi connectivity index (χ0n) is 11.6. The van der Waals surface area contributed by atoms with Crippen molar-refractivity contribution in [1.82, 2.24) is 20.0 Å². The molecule has 0 atom stereocenters. The Labute approximate surface area is 105 Å². The Morgan fingerprint density at radius 1 is 1.41 bits per heavy atom. The van der Waals surface area contributed by atoms with Gasteiger partial charge in [-0.3, -0.25) is 4.68 Å². The van der Waals surface area contributed by atoms with E-state index in [9.17, 15) is 0 Å². The Bertz CT molecular complexity index is 306. The second kappa shape index (κ2) is 7.45. The smallest absolute Gasteiger partial charge is 0.0492 e. The Kier molecular flexibility index (Phi) is 6.22. The molecule has 0 amide bonds. The van der Waals surface area contributed by atoms with Crippen molar-refractivity contribution in [3.63, 3.8) is 0 Å². The summed E-state index contributed by atoms with van der Waals surface area (Å²) in [6, 6.07) is 2.72. The summed E-state index contributed by atoms with van der Waals surface area (Å²) in [6.07, 6.45) is 4.11. The normalized spacial score (nSPS) is 11.6. The highest BCUT2D eigenvalue weighted by Crippen LogP contribution is 1.97. The van der Waals surface area contributed by atoms with Crippen molar-refractivity contribution in [3.05, 3.63) is 18.0 Å². The van der Waals surface area contributed by atoms with Crippen LogP contribution in [0.15, 0.2) is 12.3 Å². The van der Waals surface area contributed by atoms with Gasteiger partial charge in [0.2, 0.25) is 0 Å². The minimum atomic E-state index is 0.643. The molecular weight excluding hydrogens is 212 g/mol. The number of aryl methyl sites for hydroxylation is 1. The van der Waals surface area contributed by atoms with Crippen LogP contribution in [0.25, 0.3) is 0 Å². The summed E-state index contributed by atoms with van der Waals surface area (Å²) in [4.78, 5) is 2.38. The first kappa shape index (κ1) is 14.2. The molecule has 1 rings (SSSR count). The Balaban J connectivity index is 2.00. The predicted octanol–water partition coefficient (Wildman–Crippen LogP) is 1.28. The van der Waals surface area contributed by atoms with Crippen molar-refractivity contribution in [2.24, 2.45) is 7.05 Å². The number of rotatable bonds is 8. The topological polar surface area (TPSA) is 33.1 Å². The van der Waals surface area contributed by atoms with Gasteiger partial charge < -0.3 is 10.2 Å². The van der Waals surface area contributed by atoms with Crippen LogP contribution in [0.2, 0.25) is 0 Å². The molecule has 0 aliphatic heterocycles. The monoisotopic (exact) mass is 238 g/mol. The molecule has 17 heavy (non-hydrogen) atoms. The van der Waals surface area contributed by atoms with Crippen LogP contribution in [0.3, 0.4) is 0 Å². The van der Waals surface area contributed by atoms with E-state index in [2.05, 4.69) is 42.3 Å². The Hall–Kier alpha value is -0.870. The van der Waals surface area contributed by atoms with Gasteiger partial charge in [-0.25, -0.2) is 0 Å². The highest BCUT2D eigenvalue weighted by atomic mass is 15.3. The second-order valence-corrected chi connectivity index (χ2v) is 4.87. The van der Waals surface area contributed by atoms with Crippen molar-refractivity contribution in [3.8, 4) is 0 Å². The molecule has 1 heterocycles. The van der Waals surface area contributed by atoms with Gasteiger partial charge in [0.25, 0.3) is 0 Å². The molecule has 0 bridgehead atoms. The third kappa shape index (κ3) is 5.33. The van der Waals surface area contributed by atoms with Crippen molar-refractivity contribution >= 4 is 0 Å². The first-order valence-corrected chi connectivity index (χ1v) is 6.49. The van der Waals surface area contributed by atoms with Gasteiger partial charge >= 0.3 is 0 Å². The van der Waals surface area contributed by atoms with E-state index in [1.807, 2.05) is 17.9 Å². The average molecular weight is 238 g/mol. The third-order valence-corrected chi connectivity index (χ3v) is 3.23. The highest BCUT2D eigenvalue weighted by Gasteiger charge is 2.02. The molecule has 4 heteroatoms. The van der Waals surface area contributed by atoms with Crippen LogP contribution in [0.1, 0.15) is 26.0 Å². The molecule has 0 spiro atoms. The molecule has 0 aliphatic carbocycles. The molecule has 0 aromatic carbocycles. The molecule has 1 aromatic rings. The zero-order chi connectivity index (χ0) is 12.7. The Morgan fingerprint density at radius 2 is 2.18 bits per heavy atom. The standard InChI is InChI=1S/C13H26N4/c1-12(2)16(3)11-5-8-14-9-6-13-7-10-15-17(13)4/h7,10,12,14H,5-6,8-9,11H2,1-4H3. The Morgan fingerprint density at radius 3 is 2.76 bits per heavy atom. The van der Waals surface area contributed by atoms with Crippen molar-refractivity contribution in [2.45, 2.75) is 32.7 Å². The number of hydrogen-bond acceptors (Lipinski definition) is 3. The summed E-state index contributed by atoms with van der Waals surface area (Å²) in [5.41, 5.74) is 1.29. The van der Waals surface area contributed by atoms with Crippen LogP contribution in [-0.4, -0.2) is 47.4 Å². The SMILES string of the molecule is CC(C)N(C)CCCNCCc1ccnn1C. The van der Waals surface area contributed by atoms with Gasteiger partial charge in [-0.1, -0.05) is 0 Å². The molecule has 0 radical (unpaired) electrons. The van der Waals surface area contributed by atoms with E-state index in [-0.39, 0.29) is 0 Å². The minimum Gasteiger partial charge on any atom is -0.316 e. The summed E-state index contributed by atoms with van der Waals surface area (Å²) in [7, 11) is 4.17. The van der Waals surface area contributed by atoms with Gasteiger partial charge in [0.15, 0.2) is 0 Å². The van der Waals surface area contributed by atoms with Gasteiger partial charge in [0, 0.05) is 37.9 Å². The van der Waals surface area contributed by atoms with Crippen molar-refractivity contribution in [2.75, 3.05) is 26.7 Å².